The van der Waals surface area contributed by atoms with Gasteiger partial charge in [0.15, 0.2) is 6.10 Å². The van der Waals surface area contributed by atoms with E-state index in [1.807, 2.05) is 42.5 Å². The molecule has 1 amide bonds. The van der Waals surface area contributed by atoms with Gasteiger partial charge in [-0.1, -0.05) is 36.4 Å². The number of carbonyl (C=O) groups is 2. The molecular weight excluding hydrogens is 374 g/mol. The molecule has 0 aliphatic heterocycles. The Kier molecular flexibility index (Phi) is 6.51. The van der Waals surface area contributed by atoms with Gasteiger partial charge in [-0.25, -0.2) is 4.79 Å². The van der Waals surface area contributed by atoms with Crippen molar-refractivity contribution < 1.29 is 28.2 Å². The number of benzene rings is 2. The van der Waals surface area contributed by atoms with E-state index < -0.39 is 18.0 Å². The zero-order valence-electron chi connectivity index (χ0n) is 16.6. The summed E-state index contributed by atoms with van der Waals surface area (Å²) in [5.74, 6) is -0.428. The summed E-state index contributed by atoms with van der Waals surface area (Å²) in [6.07, 6.45) is -0.999. The second kappa shape index (κ2) is 9.25. The number of para-hydroxylation sites is 2. The Balaban J connectivity index is 1.68. The monoisotopic (exact) mass is 397 g/mol. The van der Waals surface area contributed by atoms with Crippen LogP contribution in [0, 0.1) is 0 Å². The summed E-state index contributed by atoms with van der Waals surface area (Å²) in [6, 6.07) is 14.6. The average molecular weight is 397 g/mol. The van der Waals surface area contributed by atoms with E-state index in [4.69, 9.17) is 18.6 Å². The van der Waals surface area contributed by atoms with Gasteiger partial charge in [0.05, 0.1) is 13.7 Å². The number of nitrogens with one attached hydrogen (secondary N) is 1. The van der Waals surface area contributed by atoms with Crippen LogP contribution in [-0.2, 0) is 27.4 Å². The maximum Gasteiger partial charge on any atom is 0.375 e. The maximum atomic E-state index is 12.6. The van der Waals surface area contributed by atoms with Crippen molar-refractivity contribution >= 4 is 22.8 Å². The van der Waals surface area contributed by atoms with Gasteiger partial charge < -0.3 is 23.9 Å². The van der Waals surface area contributed by atoms with Crippen molar-refractivity contribution in [2.75, 3.05) is 14.2 Å². The molecule has 7 nitrogen and oxygen atoms in total. The first-order valence-corrected chi connectivity index (χ1v) is 9.15. The fourth-order valence-corrected chi connectivity index (χ4v) is 2.99. The van der Waals surface area contributed by atoms with Crippen LogP contribution in [0.5, 0.6) is 5.75 Å². The summed E-state index contributed by atoms with van der Waals surface area (Å²) in [7, 11) is 3.10. The SMILES string of the molecule is COCc1c(C(=O)OC(C)C(=O)NCc2ccccc2OC)oc2ccccc12. The van der Waals surface area contributed by atoms with E-state index in [9.17, 15) is 9.59 Å². The van der Waals surface area contributed by atoms with Crippen LogP contribution in [0.1, 0.15) is 28.6 Å². The third-order valence-electron chi connectivity index (χ3n) is 4.47. The number of esters is 1. The topological polar surface area (TPSA) is 87.0 Å². The lowest BCUT2D eigenvalue weighted by Crippen LogP contribution is -2.35. The number of furan rings is 1. The van der Waals surface area contributed by atoms with Gasteiger partial charge in [-0.05, 0) is 19.1 Å². The van der Waals surface area contributed by atoms with Gasteiger partial charge in [0.1, 0.15) is 11.3 Å². The molecular formula is C22H23NO6. The standard InChI is InChI=1S/C22H23NO6/c1-14(21(24)23-12-15-8-4-6-10-18(15)27-3)28-22(25)20-17(13-26-2)16-9-5-7-11-19(16)29-20/h4-11,14H,12-13H2,1-3H3,(H,23,24). The Labute approximate surface area is 168 Å². The third-order valence-corrected chi connectivity index (χ3v) is 4.47. The summed E-state index contributed by atoms with van der Waals surface area (Å²) < 4.78 is 21.4. The van der Waals surface area contributed by atoms with E-state index in [2.05, 4.69) is 5.32 Å². The highest BCUT2D eigenvalue weighted by molar-refractivity contribution is 5.97. The first kappa shape index (κ1) is 20.4. The summed E-state index contributed by atoms with van der Waals surface area (Å²) in [6.45, 7) is 1.95. The van der Waals surface area contributed by atoms with Gasteiger partial charge in [0.2, 0.25) is 5.76 Å². The van der Waals surface area contributed by atoms with E-state index >= 15 is 0 Å². The van der Waals surface area contributed by atoms with E-state index in [-0.39, 0.29) is 18.9 Å². The molecule has 0 saturated carbocycles. The normalized spacial score (nSPS) is 11.8. The molecule has 1 aromatic heterocycles. The largest absolute Gasteiger partial charge is 0.496 e. The van der Waals surface area contributed by atoms with Crippen LogP contribution in [0.4, 0.5) is 0 Å². The number of rotatable bonds is 8. The van der Waals surface area contributed by atoms with Gasteiger partial charge in [0.25, 0.3) is 5.91 Å². The fourth-order valence-electron chi connectivity index (χ4n) is 2.99. The van der Waals surface area contributed by atoms with Crippen molar-refractivity contribution in [2.45, 2.75) is 26.2 Å². The Morgan fingerprint density at radius 2 is 1.79 bits per heavy atom. The molecule has 3 rings (SSSR count). The van der Waals surface area contributed by atoms with Crippen LogP contribution in [0.25, 0.3) is 11.0 Å². The number of hydrogen-bond acceptors (Lipinski definition) is 6. The number of carbonyl (C=O) groups excluding carboxylic acids is 2. The van der Waals surface area contributed by atoms with Gasteiger partial charge in [-0.15, -0.1) is 0 Å². The van der Waals surface area contributed by atoms with Crippen molar-refractivity contribution in [1.29, 1.82) is 0 Å². The summed E-state index contributed by atoms with van der Waals surface area (Å²) in [4.78, 5) is 25.0. The summed E-state index contributed by atoms with van der Waals surface area (Å²) in [5.41, 5.74) is 1.97. The van der Waals surface area contributed by atoms with E-state index in [0.717, 1.165) is 10.9 Å². The molecule has 0 saturated heterocycles. The van der Waals surface area contributed by atoms with E-state index in [0.29, 0.717) is 16.9 Å². The number of amides is 1. The Hall–Kier alpha value is -3.32. The molecule has 0 radical (unpaired) electrons. The molecule has 0 fully saturated rings. The predicted molar refractivity (Wildman–Crippen MR) is 107 cm³/mol. The smallest absolute Gasteiger partial charge is 0.375 e. The highest BCUT2D eigenvalue weighted by Crippen LogP contribution is 2.27. The summed E-state index contributed by atoms with van der Waals surface area (Å²) >= 11 is 0. The Bertz CT molecular complexity index is 1010. The molecule has 3 aromatic rings. The van der Waals surface area contributed by atoms with Crippen LogP contribution < -0.4 is 10.1 Å². The Morgan fingerprint density at radius 1 is 1.07 bits per heavy atom. The van der Waals surface area contributed by atoms with Crippen LogP contribution in [-0.4, -0.2) is 32.2 Å². The minimum atomic E-state index is -0.999. The third kappa shape index (κ3) is 4.57. The molecule has 1 heterocycles. The predicted octanol–water partition coefficient (Wildman–Crippen LogP) is 3.45. The van der Waals surface area contributed by atoms with E-state index in [1.165, 1.54) is 14.0 Å². The quantitative estimate of drug-likeness (QED) is 0.586. The van der Waals surface area contributed by atoms with Crippen molar-refractivity contribution in [3.05, 3.63) is 65.4 Å². The molecule has 0 spiro atoms. The van der Waals surface area contributed by atoms with Crippen molar-refractivity contribution in [1.82, 2.24) is 5.32 Å². The molecule has 1 atom stereocenters. The lowest BCUT2D eigenvalue weighted by Gasteiger charge is -2.14. The molecule has 7 heteroatoms. The van der Waals surface area contributed by atoms with Gasteiger partial charge >= 0.3 is 5.97 Å². The van der Waals surface area contributed by atoms with E-state index in [1.54, 1.807) is 13.2 Å². The molecule has 1 N–H and O–H groups in total. The van der Waals surface area contributed by atoms with Crippen LogP contribution in [0.15, 0.2) is 52.9 Å². The number of hydrogen-bond donors (Lipinski definition) is 1. The minimum Gasteiger partial charge on any atom is -0.496 e. The summed E-state index contributed by atoms with van der Waals surface area (Å²) in [5, 5.41) is 3.52. The number of methoxy groups -OCH3 is 2. The molecule has 0 aliphatic rings. The number of fused-ring (bicyclic) bond motifs is 1. The lowest BCUT2D eigenvalue weighted by atomic mass is 10.1. The molecule has 1 unspecified atom stereocenters. The van der Waals surface area contributed by atoms with Crippen LogP contribution in [0.3, 0.4) is 0 Å². The highest BCUT2D eigenvalue weighted by Gasteiger charge is 2.25. The van der Waals surface area contributed by atoms with Crippen molar-refractivity contribution in [2.24, 2.45) is 0 Å². The first-order valence-electron chi connectivity index (χ1n) is 9.15. The van der Waals surface area contributed by atoms with Gasteiger partial charge in [0, 0.05) is 30.2 Å². The van der Waals surface area contributed by atoms with Crippen LogP contribution >= 0.6 is 0 Å². The lowest BCUT2D eigenvalue weighted by molar-refractivity contribution is -0.129. The van der Waals surface area contributed by atoms with Gasteiger partial charge in [-0.3, -0.25) is 4.79 Å². The number of ether oxygens (including phenoxy) is 3. The minimum absolute atomic E-state index is 0.0393. The zero-order chi connectivity index (χ0) is 20.8. The van der Waals surface area contributed by atoms with Gasteiger partial charge in [-0.2, -0.15) is 0 Å². The molecule has 0 aliphatic carbocycles. The highest BCUT2D eigenvalue weighted by atomic mass is 16.6. The van der Waals surface area contributed by atoms with Crippen LogP contribution in [0.2, 0.25) is 0 Å². The second-order valence-corrected chi connectivity index (χ2v) is 6.42. The maximum absolute atomic E-state index is 12.6. The Morgan fingerprint density at radius 3 is 2.55 bits per heavy atom. The fraction of sp³-hybridized carbons (Fsp3) is 0.273. The molecule has 2 aromatic carbocycles. The molecule has 29 heavy (non-hydrogen) atoms. The van der Waals surface area contributed by atoms with Crippen molar-refractivity contribution in [3.63, 3.8) is 0 Å². The molecule has 0 bridgehead atoms. The van der Waals surface area contributed by atoms with Crippen molar-refractivity contribution in [3.8, 4) is 5.75 Å². The molecule has 152 valence electrons. The zero-order valence-corrected chi connectivity index (χ0v) is 16.6. The first-order chi connectivity index (χ1) is 14.0. The second-order valence-electron chi connectivity index (χ2n) is 6.42. The average Bonchev–Trinajstić information content (AvgIpc) is 3.11.